The van der Waals surface area contributed by atoms with Crippen LogP contribution >= 0.6 is 11.6 Å². The van der Waals surface area contributed by atoms with Crippen molar-refractivity contribution in [3.8, 4) is 0 Å². The van der Waals surface area contributed by atoms with Crippen LogP contribution < -0.4 is 0 Å². The van der Waals surface area contributed by atoms with Gasteiger partial charge in [0.2, 0.25) is 17.6 Å². The zero-order chi connectivity index (χ0) is 18.8. The van der Waals surface area contributed by atoms with Crippen molar-refractivity contribution in [1.82, 2.24) is 4.90 Å². The van der Waals surface area contributed by atoms with Crippen LogP contribution in [0.3, 0.4) is 0 Å². The van der Waals surface area contributed by atoms with E-state index in [0.717, 1.165) is 4.90 Å². The molecule has 1 heterocycles. The van der Waals surface area contributed by atoms with Gasteiger partial charge >= 0.3 is 5.97 Å². The van der Waals surface area contributed by atoms with Crippen LogP contribution in [0.1, 0.15) is 30.1 Å². The van der Waals surface area contributed by atoms with E-state index in [-0.39, 0.29) is 17.6 Å². The number of benzene rings is 1. The van der Waals surface area contributed by atoms with Crippen molar-refractivity contribution < 1.29 is 23.9 Å². The maximum Gasteiger partial charge on any atom is 0.326 e. The number of hydrogen-bond acceptors (Lipinski definition) is 5. The van der Waals surface area contributed by atoms with E-state index in [1.807, 2.05) is 12.2 Å². The van der Waals surface area contributed by atoms with Gasteiger partial charge in [0.1, 0.15) is 6.54 Å². The standard InChI is InChI=1S/C19H18ClNO5/c1-11(17(23)12-6-8-13(20)9-7-12)26-16(22)10-21-18(24)14-4-2-3-5-15(14)19(21)25/h2-3,6-9,11,14-15H,4-5,10H2,1H3. The molecule has 0 spiro atoms. The summed E-state index contributed by atoms with van der Waals surface area (Å²) in [6.07, 6.45) is 3.74. The number of ketones is 1. The quantitative estimate of drug-likeness (QED) is 0.341. The normalized spacial score (nSPS) is 22.9. The van der Waals surface area contributed by atoms with Gasteiger partial charge in [-0.2, -0.15) is 0 Å². The van der Waals surface area contributed by atoms with Crippen LogP contribution in [0.25, 0.3) is 0 Å². The predicted molar refractivity (Wildman–Crippen MR) is 93.4 cm³/mol. The van der Waals surface area contributed by atoms with E-state index in [4.69, 9.17) is 16.3 Å². The highest BCUT2D eigenvalue weighted by Gasteiger charge is 2.47. The number of halogens is 1. The summed E-state index contributed by atoms with van der Waals surface area (Å²) in [6.45, 7) is 0.981. The molecule has 0 radical (unpaired) electrons. The number of allylic oxidation sites excluding steroid dienone is 2. The van der Waals surface area contributed by atoms with E-state index < -0.39 is 30.5 Å². The van der Waals surface area contributed by atoms with E-state index in [9.17, 15) is 19.2 Å². The second kappa shape index (κ2) is 7.41. The van der Waals surface area contributed by atoms with Crippen LogP contribution in [0.5, 0.6) is 0 Å². The molecule has 3 unspecified atom stereocenters. The Kier molecular flexibility index (Phi) is 5.23. The summed E-state index contributed by atoms with van der Waals surface area (Å²) in [5, 5.41) is 0.494. The summed E-state index contributed by atoms with van der Waals surface area (Å²) < 4.78 is 5.13. The number of carbonyl (C=O) groups is 4. The minimum Gasteiger partial charge on any atom is -0.453 e. The Balaban J connectivity index is 1.60. The lowest BCUT2D eigenvalue weighted by Crippen LogP contribution is -2.38. The molecule has 1 aliphatic heterocycles. The highest BCUT2D eigenvalue weighted by Crippen LogP contribution is 2.34. The fourth-order valence-corrected chi connectivity index (χ4v) is 3.42. The molecule has 7 heteroatoms. The van der Waals surface area contributed by atoms with Crippen molar-refractivity contribution in [3.05, 3.63) is 47.0 Å². The number of likely N-dealkylation sites (tertiary alicyclic amines) is 1. The highest BCUT2D eigenvalue weighted by atomic mass is 35.5. The first-order valence-corrected chi connectivity index (χ1v) is 8.75. The van der Waals surface area contributed by atoms with Gasteiger partial charge in [-0.15, -0.1) is 0 Å². The first-order valence-electron chi connectivity index (χ1n) is 8.38. The van der Waals surface area contributed by atoms with Gasteiger partial charge in [0, 0.05) is 10.6 Å². The molecule has 1 saturated heterocycles. The molecular formula is C19H18ClNO5. The van der Waals surface area contributed by atoms with Crippen LogP contribution in [-0.4, -0.2) is 41.1 Å². The molecule has 0 N–H and O–H groups in total. The molecule has 1 fully saturated rings. The van der Waals surface area contributed by atoms with Gasteiger partial charge in [-0.1, -0.05) is 23.8 Å². The van der Waals surface area contributed by atoms with Crippen LogP contribution in [0, 0.1) is 11.8 Å². The van der Waals surface area contributed by atoms with Gasteiger partial charge in [0.25, 0.3) is 0 Å². The molecule has 26 heavy (non-hydrogen) atoms. The molecule has 2 aliphatic rings. The summed E-state index contributed by atoms with van der Waals surface area (Å²) in [7, 11) is 0. The van der Waals surface area contributed by atoms with E-state index in [0.29, 0.717) is 23.4 Å². The van der Waals surface area contributed by atoms with Crippen LogP contribution in [0.15, 0.2) is 36.4 Å². The number of hydrogen-bond donors (Lipinski definition) is 0. The third kappa shape index (κ3) is 3.55. The van der Waals surface area contributed by atoms with Crippen LogP contribution in [-0.2, 0) is 19.1 Å². The Morgan fingerprint density at radius 2 is 1.65 bits per heavy atom. The monoisotopic (exact) mass is 375 g/mol. The Labute approximate surface area is 155 Å². The molecule has 3 atom stereocenters. The van der Waals surface area contributed by atoms with Gasteiger partial charge in [-0.25, -0.2) is 0 Å². The number of carbonyl (C=O) groups excluding carboxylic acids is 4. The minimum absolute atomic E-state index is 0.349. The topological polar surface area (TPSA) is 80.8 Å². The molecule has 6 nitrogen and oxygen atoms in total. The number of nitrogens with zero attached hydrogens (tertiary/aromatic N) is 1. The average molecular weight is 376 g/mol. The van der Waals surface area contributed by atoms with Crippen molar-refractivity contribution in [1.29, 1.82) is 0 Å². The summed E-state index contributed by atoms with van der Waals surface area (Å²) in [5.74, 6) is -2.65. The molecule has 3 rings (SSSR count). The van der Waals surface area contributed by atoms with Gasteiger partial charge in [0.15, 0.2) is 6.10 Å². The second-order valence-electron chi connectivity index (χ2n) is 6.42. The Bertz CT molecular complexity index is 760. The SMILES string of the molecule is CC(OC(=O)CN1C(=O)C2CC=CCC2C1=O)C(=O)c1ccc(Cl)cc1. The Morgan fingerprint density at radius 3 is 2.19 bits per heavy atom. The smallest absolute Gasteiger partial charge is 0.326 e. The maximum atomic E-state index is 12.3. The number of esters is 1. The summed E-state index contributed by atoms with van der Waals surface area (Å²) in [6, 6.07) is 6.22. The van der Waals surface area contributed by atoms with Gasteiger partial charge in [0.05, 0.1) is 11.8 Å². The summed E-state index contributed by atoms with van der Waals surface area (Å²) in [5.41, 5.74) is 0.361. The third-order valence-electron chi connectivity index (χ3n) is 4.69. The molecule has 1 aromatic carbocycles. The van der Waals surface area contributed by atoms with Crippen molar-refractivity contribution in [2.24, 2.45) is 11.8 Å². The molecule has 136 valence electrons. The second-order valence-corrected chi connectivity index (χ2v) is 6.86. The predicted octanol–water partition coefficient (Wildman–Crippen LogP) is 2.41. The van der Waals surface area contributed by atoms with E-state index in [1.54, 1.807) is 24.3 Å². The highest BCUT2D eigenvalue weighted by molar-refractivity contribution is 6.30. The van der Waals surface area contributed by atoms with E-state index >= 15 is 0 Å². The van der Waals surface area contributed by atoms with Crippen molar-refractivity contribution >= 4 is 35.2 Å². The number of imide groups is 1. The zero-order valence-corrected chi connectivity index (χ0v) is 14.9. The molecule has 2 amide bonds. The zero-order valence-electron chi connectivity index (χ0n) is 14.2. The number of ether oxygens (including phenoxy) is 1. The Hall–Kier alpha value is -2.47. The lowest BCUT2D eigenvalue weighted by Gasteiger charge is -2.16. The fourth-order valence-electron chi connectivity index (χ4n) is 3.29. The van der Waals surface area contributed by atoms with E-state index in [1.165, 1.54) is 6.92 Å². The third-order valence-corrected chi connectivity index (χ3v) is 4.94. The van der Waals surface area contributed by atoms with Crippen LogP contribution in [0.2, 0.25) is 5.02 Å². The fraction of sp³-hybridized carbons (Fsp3) is 0.368. The van der Waals surface area contributed by atoms with Crippen molar-refractivity contribution in [3.63, 3.8) is 0 Å². The first-order chi connectivity index (χ1) is 12.4. The molecule has 1 aromatic rings. The van der Waals surface area contributed by atoms with E-state index in [2.05, 4.69) is 0 Å². The minimum atomic E-state index is -1.03. The van der Waals surface area contributed by atoms with Crippen LogP contribution in [0.4, 0.5) is 0 Å². The molecule has 0 aromatic heterocycles. The van der Waals surface area contributed by atoms with Gasteiger partial charge in [-0.3, -0.25) is 24.1 Å². The first kappa shape index (κ1) is 18.3. The molecule has 1 aliphatic carbocycles. The maximum absolute atomic E-state index is 12.3. The number of rotatable bonds is 5. The van der Waals surface area contributed by atoms with Crippen molar-refractivity contribution in [2.45, 2.75) is 25.9 Å². The molecule has 0 bridgehead atoms. The van der Waals surface area contributed by atoms with Crippen molar-refractivity contribution in [2.75, 3.05) is 6.54 Å². The average Bonchev–Trinajstić information content (AvgIpc) is 2.87. The lowest BCUT2D eigenvalue weighted by molar-refractivity contribution is -0.154. The van der Waals surface area contributed by atoms with Gasteiger partial charge in [-0.05, 0) is 44.0 Å². The van der Waals surface area contributed by atoms with Gasteiger partial charge < -0.3 is 4.74 Å². The largest absolute Gasteiger partial charge is 0.453 e. The summed E-state index contributed by atoms with van der Waals surface area (Å²) in [4.78, 5) is 50.1. The summed E-state index contributed by atoms with van der Waals surface area (Å²) >= 11 is 5.78. The number of Topliss-reactive ketones (excluding diaryl/α,β-unsaturated/α-hetero) is 1. The molecular weight excluding hydrogens is 358 g/mol. The number of amides is 2. The lowest BCUT2D eigenvalue weighted by atomic mass is 9.85. The Morgan fingerprint density at radius 1 is 1.12 bits per heavy atom. The number of fused-ring (bicyclic) bond motifs is 1. The molecule has 0 saturated carbocycles.